The lowest BCUT2D eigenvalue weighted by atomic mass is 10.3. The Balaban J connectivity index is 0.00000190. The first-order valence-corrected chi connectivity index (χ1v) is 10.8. The van der Waals surface area contributed by atoms with Crippen molar-refractivity contribution in [2.24, 2.45) is 0 Å². The second-order valence-electron chi connectivity index (χ2n) is 5.28. The van der Waals surface area contributed by atoms with Gasteiger partial charge in [-0.1, -0.05) is 38.3 Å². The van der Waals surface area contributed by atoms with Crippen LogP contribution in [0.4, 0.5) is 5.69 Å². The number of benzene rings is 1. The lowest BCUT2D eigenvalue weighted by molar-refractivity contribution is -0.113. The summed E-state index contributed by atoms with van der Waals surface area (Å²) in [5.41, 5.74) is 1.00. The Labute approximate surface area is 174 Å². The number of aromatic nitrogens is 1. The quantitative estimate of drug-likeness (QED) is 0.489. The lowest BCUT2D eigenvalue weighted by Crippen LogP contribution is -2.22. The van der Waals surface area contributed by atoms with Crippen LogP contribution in [0.15, 0.2) is 68.8 Å². The maximum absolute atomic E-state index is 12.2. The van der Waals surface area contributed by atoms with Crippen molar-refractivity contribution in [2.45, 2.75) is 42.5 Å². The van der Waals surface area contributed by atoms with E-state index in [2.05, 4.69) is 11.6 Å². The maximum Gasteiger partial charge on any atom is 0.266 e. The molecule has 5 nitrogen and oxygen atoms in total. The van der Waals surface area contributed by atoms with Crippen LogP contribution < -0.4 is 10.5 Å². The van der Waals surface area contributed by atoms with Crippen molar-refractivity contribution >= 4 is 35.1 Å². The molecule has 0 aliphatic heterocycles. The van der Waals surface area contributed by atoms with Crippen LogP contribution >= 0.6 is 23.5 Å². The first-order chi connectivity index (χ1) is 13.4. The molecule has 2 N–H and O–H groups in total. The van der Waals surface area contributed by atoms with Gasteiger partial charge in [0, 0.05) is 22.3 Å². The Morgan fingerprint density at radius 1 is 1.25 bits per heavy atom. The Hall–Kier alpha value is -2.38. The molecule has 0 saturated carbocycles. The molecule has 0 bridgehead atoms. The summed E-state index contributed by atoms with van der Waals surface area (Å²) in [6, 6.07) is 7.14. The van der Waals surface area contributed by atoms with Crippen LogP contribution in [0.5, 0.6) is 5.75 Å². The Morgan fingerprint density at radius 2 is 1.86 bits per heavy atom. The van der Waals surface area contributed by atoms with Gasteiger partial charge in [0.1, 0.15) is 10.6 Å². The van der Waals surface area contributed by atoms with E-state index in [1.165, 1.54) is 34.5 Å². The summed E-state index contributed by atoms with van der Waals surface area (Å²) in [4.78, 5) is 29.5. The molecule has 1 aromatic carbocycles. The average Bonchev–Trinajstić information content (AvgIpc) is 2.73. The number of amides is 1. The molecule has 1 aromatic heterocycles. The summed E-state index contributed by atoms with van der Waals surface area (Å²) in [6.07, 6.45) is 6.51. The highest BCUT2D eigenvalue weighted by atomic mass is 32.2. The molecule has 150 valence electrons. The number of pyridine rings is 1. The minimum absolute atomic E-state index is 0.00967. The van der Waals surface area contributed by atoms with Gasteiger partial charge in [-0.25, -0.2) is 0 Å². The minimum atomic E-state index is -0.330. The number of hydrogen-bond acceptors (Lipinski definition) is 5. The number of rotatable bonds is 6. The van der Waals surface area contributed by atoms with Crippen LogP contribution in [0, 0.1) is 6.92 Å². The highest BCUT2D eigenvalue weighted by molar-refractivity contribution is 7.99. The van der Waals surface area contributed by atoms with Crippen LogP contribution in [0.1, 0.15) is 26.3 Å². The van der Waals surface area contributed by atoms with E-state index in [-0.39, 0.29) is 22.1 Å². The van der Waals surface area contributed by atoms with Gasteiger partial charge in [-0.3, -0.25) is 14.5 Å². The molecule has 2 aromatic rings. The van der Waals surface area contributed by atoms with Crippen molar-refractivity contribution in [3.63, 3.8) is 0 Å². The number of H-pyrrole nitrogens is 1. The number of anilines is 1. The zero-order valence-corrected chi connectivity index (χ0v) is 18.4. The van der Waals surface area contributed by atoms with Crippen LogP contribution in [0.25, 0.3) is 0 Å². The molecule has 2 rings (SSSR count). The molecule has 0 spiro atoms. The van der Waals surface area contributed by atoms with Gasteiger partial charge in [0.05, 0.1) is 5.03 Å². The predicted molar refractivity (Wildman–Crippen MR) is 120 cm³/mol. The third kappa shape index (κ3) is 5.56. The lowest BCUT2D eigenvalue weighted by Gasteiger charge is -2.17. The van der Waals surface area contributed by atoms with Crippen molar-refractivity contribution in [3.05, 3.63) is 65.1 Å². The van der Waals surface area contributed by atoms with Crippen LogP contribution in [-0.4, -0.2) is 22.3 Å². The van der Waals surface area contributed by atoms with E-state index in [0.29, 0.717) is 16.3 Å². The Bertz CT molecular complexity index is 903. The van der Waals surface area contributed by atoms with Gasteiger partial charge >= 0.3 is 0 Å². The fourth-order valence-electron chi connectivity index (χ4n) is 2.26. The summed E-state index contributed by atoms with van der Waals surface area (Å²) < 4.78 is 0. The van der Waals surface area contributed by atoms with E-state index in [0.717, 1.165) is 4.90 Å². The van der Waals surface area contributed by atoms with Crippen molar-refractivity contribution in [1.82, 2.24) is 4.98 Å². The number of carbonyl (C=O) groups is 1. The molecular formula is C21H26N2O3S2. The molecule has 0 saturated heterocycles. The van der Waals surface area contributed by atoms with Crippen molar-refractivity contribution in [3.8, 4) is 5.75 Å². The van der Waals surface area contributed by atoms with Crippen LogP contribution in [0.2, 0.25) is 0 Å². The van der Waals surface area contributed by atoms with Crippen molar-refractivity contribution in [1.29, 1.82) is 0 Å². The van der Waals surface area contributed by atoms with Gasteiger partial charge in [0.2, 0.25) is 0 Å². The molecule has 0 atom stereocenters. The number of carbonyl (C=O) groups excluding carboxylic acids is 1. The second-order valence-corrected chi connectivity index (χ2v) is 7.18. The SMILES string of the molecule is C=CC(=O)N(/C=C\C)c1ccc(Sc2c(O)c(C)c(SC)[nH]c2=O)cc1.CC. The second kappa shape index (κ2) is 11.5. The first kappa shape index (κ1) is 23.7. The number of hydrogen-bond donors (Lipinski definition) is 2. The van der Waals surface area contributed by atoms with E-state index in [1.54, 1.807) is 43.5 Å². The van der Waals surface area contributed by atoms with E-state index >= 15 is 0 Å². The minimum Gasteiger partial charge on any atom is -0.506 e. The van der Waals surface area contributed by atoms with Gasteiger partial charge in [-0.05, 0) is 50.4 Å². The summed E-state index contributed by atoms with van der Waals surface area (Å²) in [7, 11) is 0. The van der Waals surface area contributed by atoms with Crippen LogP contribution in [0.3, 0.4) is 0 Å². The zero-order valence-electron chi connectivity index (χ0n) is 16.8. The third-order valence-corrected chi connectivity index (χ3v) is 5.50. The van der Waals surface area contributed by atoms with Crippen LogP contribution in [-0.2, 0) is 4.79 Å². The van der Waals surface area contributed by atoms with Gasteiger partial charge in [-0.15, -0.1) is 11.8 Å². The third-order valence-electron chi connectivity index (χ3n) is 3.59. The first-order valence-electron chi connectivity index (χ1n) is 8.79. The van der Waals surface area contributed by atoms with Gasteiger partial charge < -0.3 is 10.1 Å². The monoisotopic (exact) mass is 418 g/mol. The summed E-state index contributed by atoms with van der Waals surface area (Å²) in [5, 5.41) is 11.0. The average molecular weight is 419 g/mol. The maximum atomic E-state index is 12.2. The van der Waals surface area contributed by atoms with Gasteiger partial charge in [0.15, 0.2) is 0 Å². The molecule has 0 fully saturated rings. The summed E-state index contributed by atoms with van der Waals surface area (Å²) in [6.45, 7) is 11.1. The van der Waals surface area contributed by atoms with E-state index < -0.39 is 0 Å². The Morgan fingerprint density at radius 3 is 2.36 bits per heavy atom. The molecule has 0 aliphatic carbocycles. The standard InChI is InChI=1S/C19H20N2O3S2.C2H6/c1-5-11-21(15(22)6-2)13-7-9-14(10-8-13)26-17-16(23)12(3)19(25-4)20-18(17)24;1-2/h5-11H,2H2,1,3-4H3,(H2,20,23,24);1-2H3/b11-5-;. The summed E-state index contributed by atoms with van der Waals surface area (Å²) >= 11 is 2.55. The van der Waals surface area contributed by atoms with E-state index in [4.69, 9.17) is 0 Å². The molecule has 1 heterocycles. The normalized spacial score (nSPS) is 10.3. The van der Waals surface area contributed by atoms with Crippen molar-refractivity contribution < 1.29 is 9.90 Å². The molecule has 28 heavy (non-hydrogen) atoms. The summed E-state index contributed by atoms with van der Waals surface area (Å²) in [5.74, 6) is -0.245. The molecule has 0 radical (unpaired) electrons. The van der Waals surface area contributed by atoms with Gasteiger partial charge in [-0.2, -0.15) is 0 Å². The molecule has 0 aliphatic rings. The number of thioether (sulfide) groups is 1. The van der Waals surface area contributed by atoms with Crippen molar-refractivity contribution in [2.75, 3.05) is 11.2 Å². The zero-order chi connectivity index (χ0) is 21.3. The molecule has 1 amide bonds. The number of aromatic amines is 1. The number of aromatic hydroxyl groups is 1. The topological polar surface area (TPSA) is 73.4 Å². The highest BCUT2D eigenvalue weighted by Gasteiger charge is 2.15. The van der Waals surface area contributed by atoms with E-state index in [1.807, 2.05) is 27.0 Å². The fraction of sp³-hybridized carbons (Fsp3) is 0.238. The van der Waals surface area contributed by atoms with Gasteiger partial charge in [0.25, 0.3) is 11.5 Å². The predicted octanol–water partition coefficient (Wildman–Crippen LogP) is 5.34. The Kier molecular flexibility index (Phi) is 9.68. The number of nitrogens with one attached hydrogen (secondary N) is 1. The molecular weight excluding hydrogens is 392 g/mol. The number of allylic oxidation sites excluding steroid dienone is 1. The molecule has 0 unspecified atom stereocenters. The fourth-order valence-corrected chi connectivity index (χ4v) is 3.76. The molecule has 7 heteroatoms. The smallest absolute Gasteiger partial charge is 0.266 e. The highest BCUT2D eigenvalue weighted by Crippen LogP contribution is 2.36. The van der Waals surface area contributed by atoms with E-state index in [9.17, 15) is 14.7 Å². The number of nitrogens with zero attached hydrogens (tertiary/aromatic N) is 1. The largest absolute Gasteiger partial charge is 0.506 e.